The predicted octanol–water partition coefficient (Wildman–Crippen LogP) is 0.787. The smallest absolute Gasteiger partial charge is 0.212 e. The highest BCUT2D eigenvalue weighted by atomic mass is 16.5. The van der Waals surface area contributed by atoms with Gasteiger partial charge < -0.3 is 14.6 Å². The van der Waals surface area contributed by atoms with Crippen molar-refractivity contribution in [2.24, 2.45) is 0 Å². The van der Waals surface area contributed by atoms with E-state index < -0.39 is 0 Å². The van der Waals surface area contributed by atoms with Crippen molar-refractivity contribution in [3.63, 3.8) is 0 Å². The van der Waals surface area contributed by atoms with Gasteiger partial charge >= 0.3 is 0 Å². The van der Waals surface area contributed by atoms with Crippen LogP contribution in [0.4, 0.5) is 5.82 Å². The van der Waals surface area contributed by atoms with Crippen molar-refractivity contribution in [2.45, 2.75) is 6.92 Å². The third-order valence-corrected chi connectivity index (χ3v) is 1.45. The molecular formula is C6H8N2O2. The second kappa shape index (κ2) is 1.90. The highest BCUT2D eigenvalue weighted by Crippen LogP contribution is 2.29. The van der Waals surface area contributed by atoms with Crippen molar-refractivity contribution in [3.05, 3.63) is 5.76 Å². The molecule has 0 aliphatic carbocycles. The third-order valence-electron chi connectivity index (χ3n) is 1.45. The summed E-state index contributed by atoms with van der Waals surface area (Å²) in [5.41, 5.74) is 0. The van der Waals surface area contributed by atoms with Crippen LogP contribution in [0.2, 0.25) is 0 Å². The molecule has 0 saturated heterocycles. The Hall–Kier alpha value is -1.19. The molecule has 1 aromatic rings. The average Bonchev–Trinajstić information content (AvgIpc) is 2.34. The van der Waals surface area contributed by atoms with Crippen LogP contribution in [-0.2, 0) is 0 Å². The van der Waals surface area contributed by atoms with Crippen molar-refractivity contribution in [1.82, 2.24) is 5.16 Å². The minimum Gasteiger partial charge on any atom is -0.485 e. The Bertz CT molecular complexity index is 244. The van der Waals surface area contributed by atoms with Gasteiger partial charge in [0.15, 0.2) is 5.76 Å². The van der Waals surface area contributed by atoms with Crippen LogP contribution in [0, 0.1) is 6.92 Å². The summed E-state index contributed by atoms with van der Waals surface area (Å²) in [7, 11) is 0. The molecule has 54 valence electrons. The fourth-order valence-corrected chi connectivity index (χ4v) is 0.969. The zero-order chi connectivity index (χ0) is 6.97. The first-order chi connectivity index (χ1) is 4.88. The fraction of sp³-hybridized carbons (Fsp3) is 0.500. The summed E-state index contributed by atoms with van der Waals surface area (Å²) in [4.78, 5) is 0. The van der Waals surface area contributed by atoms with Crippen LogP contribution < -0.4 is 10.1 Å². The molecule has 4 heteroatoms. The van der Waals surface area contributed by atoms with Crippen LogP contribution in [0.15, 0.2) is 4.52 Å². The Labute approximate surface area is 58.1 Å². The molecule has 0 fully saturated rings. The van der Waals surface area contributed by atoms with Gasteiger partial charge in [0.1, 0.15) is 6.61 Å². The Morgan fingerprint density at radius 2 is 2.50 bits per heavy atom. The first-order valence-electron chi connectivity index (χ1n) is 3.21. The van der Waals surface area contributed by atoms with E-state index in [0.29, 0.717) is 6.61 Å². The second-order valence-corrected chi connectivity index (χ2v) is 2.19. The molecule has 0 atom stereocenters. The maximum absolute atomic E-state index is 5.28. The summed E-state index contributed by atoms with van der Waals surface area (Å²) in [6.45, 7) is 3.33. The van der Waals surface area contributed by atoms with E-state index in [4.69, 9.17) is 9.26 Å². The van der Waals surface area contributed by atoms with E-state index >= 15 is 0 Å². The number of fused-ring (bicyclic) bond motifs is 1. The zero-order valence-electron chi connectivity index (χ0n) is 5.68. The molecule has 0 aromatic carbocycles. The Kier molecular flexibility index (Phi) is 1.06. The van der Waals surface area contributed by atoms with Gasteiger partial charge in [0.25, 0.3) is 0 Å². The topological polar surface area (TPSA) is 47.3 Å². The summed E-state index contributed by atoms with van der Waals surface area (Å²) in [6.07, 6.45) is 0. The van der Waals surface area contributed by atoms with E-state index in [2.05, 4.69) is 10.5 Å². The molecule has 0 unspecified atom stereocenters. The number of hydrogen-bond donors (Lipinski definition) is 1. The van der Waals surface area contributed by atoms with Gasteiger partial charge in [-0.05, 0) is 0 Å². The quantitative estimate of drug-likeness (QED) is 0.578. The molecule has 0 spiro atoms. The van der Waals surface area contributed by atoms with Crippen molar-refractivity contribution < 1.29 is 9.26 Å². The molecule has 0 bridgehead atoms. The van der Waals surface area contributed by atoms with Crippen molar-refractivity contribution in [2.75, 3.05) is 18.5 Å². The standard InChI is InChI=1S/C6H8N2O2/c1-4-5-6(8-10-4)7-2-3-9-5/h2-3H2,1H3,(H,7,8). The number of nitrogens with zero attached hydrogens (tertiary/aromatic N) is 1. The second-order valence-electron chi connectivity index (χ2n) is 2.19. The summed E-state index contributed by atoms with van der Waals surface area (Å²) >= 11 is 0. The van der Waals surface area contributed by atoms with Gasteiger partial charge in [0, 0.05) is 6.92 Å². The zero-order valence-corrected chi connectivity index (χ0v) is 5.68. The lowest BCUT2D eigenvalue weighted by molar-refractivity contribution is 0.314. The highest BCUT2D eigenvalue weighted by Gasteiger charge is 2.16. The molecule has 10 heavy (non-hydrogen) atoms. The summed E-state index contributed by atoms with van der Waals surface area (Å²) < 4.78 is 10.2. The SMILES string of the molecule is Cc1onc2c1OCCN2. The van der Waals surface area contributed by atoms with Crippen molar-refractivity contribution >= 4 is 5.82 Å². The number of aryl methyl sites for hydroxylation is 1. The van der Waals surface area contributed by atoms with E-state index in [9.17, 15) is 0 Å². The van der Waals surface area contributed by atoms with Gasteiger partial charge in [-0.15, -0.1) is 0 Å². The monoisotopic (exact) mass is 140 g/mol. The summed E-state index contributed by atoms with van der Waals surface area (Å²) in [5.74, 6) is 2.22. The number of hydrogen-bond acceptors (Lipinski definition) is 4. The van der Waals surface area contributed by atoms with E-state index in [1.54, 1.807) is 0 Å². The van der Waals surface area contributed by atoms with Crippen LogP contribution in [0.25, 0.3) is 0 Å². The van der Waals surface area contributed by atoms with Crippen LogP contribution >= 0.6 is 0 Å². The first kappa shape index (κ1) is 5.58. The van der Waals surface area contributed by atoms with Crippen LogP contribution in [0.3, 0.4) is 0 Å². The van der Waals surface area contributed by atoms with E-state index in [1.807, 2.05) is 6.92 Å². The van der Waals surface area contributed by atoms with Gasteiger partial charge in [-0.3, -0.25) is 0 Å². The molecule has 0 saturated carbocycles. The summed E-state index contributed by atoms with van der Waals surface area (Å²) in [5, 5.41) is 6.80. The number of nitrogens with one attached hydrogen (secondary N) is 1. The van der Waals surface area contributed by atoms with Crippen LogP contribution in [-0.4, -0.2) is 18.3 Å². The highest BCUT2D eigenvalue weighted by molar-refractivity contribution is 5.52. The van der Waals surface area contributed by atoms with Crippen LogP contribution in [0.1, 0.15) is 5.76 Å². The molecule has 1 aliphatic rings. The van der Waals surface area contributed by atoms with Gasteiger partial charge in [-0.25, -0.2) is 0 Å². The predicted molar refractivity (Wildman–Crippen MR) is 35.2 cm³/mol. The van der Waals surface area contributed by atoms with Gasteiger partial charge in [0.2, 0.25) is 11.6 Å². The average molecular weight is 140 g/mol. The van der Waals surface area contributed by atoms with Gasteiger partial charge in [-0.1, -0.05) is 5.16 Å². The Morgan fingerprint density at radius 3 is 3.30 bits per heavy atom. The molecule has 0 radical (unpaired) electrons. The first-order valence-corrected chi connectivity index (χ1v) is 3.21. The molecule has 1 aromatic heterocycles. The Balaban J connectivity index is 2.45. The minimum absolute atomic E-state index is 0.690. The van der Waals surface area contributed by atoms with E-state index in [0.717, 1.165) is 23.9 Å². The molecule has 2 heterocycles. The van der Waals surface area contributed by atoms with Crippen molar-refractivity contribution in [3.8, 4) is 5.75 Å². The minimum atomic E-state index is 0.690. The molecule has 4 nitrogen and oxygen atoms in total. The molecular weight excluding hydrogens is 132 g/mol. The molecule has 1 N–H and O–H groups in total. The van der Waals surface area contributed by atoms with E-state index in [1.165, 1.54) is 0 Å². The number of ether oxygens (including phenoxy) is 1. The van der Waals surface area contributed by atoms with Crippen LogP contribution in [0.5, 0.6) is 5.75 Å². The number of aromatic nitrogens is 1. The normalized spacial score (nSPS) is 15.3. The fourth-order valence-electron chi connectivity index (χ4n) is 0.969. The lowest BCUT2D eigenvalue weighted by atomic mass is 10.4. The number of anilines is 1. The lowest BCUT2D eigenvalue weighted by Gasteiger charge is -2.12. The van der Waals surface area contributed by atoms with Crippen molar-refractivity contribution in [1.29, 1.82) is 0 Å². The molecule has 0 amide bonds. The maximum Gasteiger partial charge on any atom is 0.212 e. The maximum atomic E-state index is 5.28. The summed E-state index contributed by atoms with van der Waals surface area (Å²) in [6, 6.07) is 0. The molecule has 2 rings (SSSR count). The largest absolute Gasteiger partial charge is 0.485 e. The van der Waals surface area contributed by atoms with Gasteiger partial charge in [-0.2, -0.15) is 0 Å². The lowest BCUT2D eigenvalue weighted by Crippen LogP contribution is -2.17. The van der Waals surface area contributed by atoms with Gasteiger partial charge in [0.05, 0.1) is 6.54 Å². The third kappa shape index (κ3) is 0.650. The molecule has 1 aliphatic heterocycles. The van der Waals surface area contributed by atoms with E-state index in [-0.39, 0.29) is 0 Å². The Morgan fingerprint density at radius 1 is 1.60 bits per heavy atom. The number of rotatable bonds is 0.